The Hall–Kier alpha value is -4.65. The van der Waals surface area contributed by atoms with Gasteiger partial charge in [-0.3, -0.25) is 14.9 Å². The summed E-state index contributed by atoms with van der Waals surface area (Å²) in [6.07, 6.45) is 0.884. The molecule has 0 aliphatic rings. The number of aryl methyl sites for hydroxylation is 1. The molecule has 2 radical (unpaired) electrons. The number of nitrogens with one attached hydrogen (secondary N) is 1. The Balaban J connectivity index is 1.54. The minimum absolute atomic E-state index is 0.109. The number of hydrogen-bond donors (Lipinski definition) is 1. The van der Waals surface area contributed by atoms with Gasteiger partial charge < -0.3 is 14.8 Å². The summed E-state index contributed by atoms with van der Waals surface area (Å²) in [5, 5.41) is 14.1. The van der Waals surface area contributed by atoms with Crippen molar-refractivity contribution in [1.82, 2.24) is 5.32 Å². The summed E-state index contributed by atoms with van der Waals surface area (Å²) in [7, 11) is 0. The lowest BCUT2D eigenvalue weighted by molar-refractivity contribution is -0.385. The summed E-state index contributed by atoms with van der Waals surface area (Å²) in [5.74, 6) is 1.51. The molecule has 1 N–H and O–H groups in total. The fraction of sp³-hybridized carbons (Fsp3) is 0.103. The summed E-state index contributed by atoms with van der Waals surface area (Å²) in [4.78, 5) is 22.7. The van der Waals surface area contributed by atoms with Crippen LogP contribution in [0, 0.1) is 17.0 Å². The van der Waals surface area contributed by atoms with Crippen molar-refractivity contribution in [3.05, 3.63) is 120 Å². The van der Waals surface area contributed by atoms with Crippen LogP contribution in [0.15, 0.2) is 97.1 Å². The first-order valence-electron chi connectivity index (χ1n) is 11.4. The molecule has 4 rings (SSSR count). The van der Waals surface area contributed by atoms with E-state index in [1.165, 1.54) is 12.1 Å². The number of nitro groups is 1. The normalized spacial score (nSPS) is 10.5. The van der Waals surface area contributed by atoms with E-state index in [-0.39, 0.29) is 29.6 Å². The second kappa shape index (κ2) is 11.7. The molecule has 36 heavy (non-hydrogen) atoms. The highest BCUT2D eigenvalue weighted by Crippen LogP contribution is 2.37. The highest BCUT2D eigenvalue weighted by Gasteiger charge is 2.15. The molecule has 0 atom stereocenters. The standard InChI is InChI=1S/C29H24N2O5/c1-2-30-29(32)17-14-21-12-15-24(16-13-21)35-25-18-23(31(33)34)19-26(20-25)36-28-11-7-6-10-27(28)22-8-4-3-5-9-22/h1,3-13,15-16,18-20H,2,14,17H2,(H,30,32). The van der Waals surface area contributed by atoms with Crippen LogP contribution < -0.4 is 14.8 Å². The van der Waals surface area contributed by atoms with Crippen molar-refractivity contribution in [3.8, 4) is 34.1 Å². The van der Waals surface area contributed by atoms with E-state index in [1.54, 1.807) is 18.2 Å². The smallest absolute Gasteiger partial charge is 0.276 e. The molecule has 0 spiro atoms. The summed E-state index contributed by atoms with van der Waals surface area (Å²) in [5.41, 5.74) is 2.63. The van der Waals surface area contributed by atoms with Gasteiger partial charge in [0, 0.05) is 24.6 Å². The number of amides is 1. The molecule has 0 aromatic heterocycles. The van der Waals surface area contributed by atoms with Crippen LogP contribution in [0.2, 0.25) is 0 Å². The van der Waals surface area contributed by atoms with Crippen LogP contribution >= 0.6 is 0 Å². The van der Waals surface area contributed by atoms with Gasteiger partial charge in [0.15, 0.2) is 0 Å². The number of hydrogen-bond acceptors (Lipinski definition) is 5. The number of nitrogens with zero attached hydrogens (tertiary/aromatic N) is 1. The van der Waals surface area contributed by atoms with Crippen molar-refractivity contribution in [1.29, 1.82) is 0 Å². The molecule has 7 heteroatoms. The number of carbonyl (C=O) groups is 1. The maximum atomic E-state index is 11.6. The van der Waals surface area contributed by atoms with Crippen molar-refractivity contribution in [2.75, 3.05) is 6.54 Å². The minimum atomic E-state index is -0.488. The number of non-ortho nitro benzene ring substituents is 1. The van der Waals surface area contributed by atoms with Crippen molar-refractivity contribution >= 4 is 11.6 Å². The maximum Gasteiger partial charge on any atom is 0.276 e. The largest absolute Gasteiger partial charge is 0.457 e. The van der Waals surface area contributed by atoms with Crippen LogP contribution in [-0.4, -0.2) is 17.4 Å². The third-order valence-corrected chi connectivity index (χ3v) is 5.37. The minimum Gasteiger partial charge on any atom is -0.457 e. The van der Waals surface area contributed by atoms with E-state index in [2.05, 4.69) is 5.32 Å². The molecule has 180 valence electrons. The van der Waals surface area contributed by atoms with E-state index >= 15 is 0 Å². The second-order valence-electron chi connectivity index (χ2n) is 7.93. The molecule has 1 amide bonds. The third kappa shape index (κ3) is 6.48. The highest BCUT2D eigenvalue weighted by molar-refractivity contribution is 5.76. The SMILES string of the molecule is [CH]CNC(=O)CCc1ccc(Oc2cc(Oc3ccccc3-c3ccccc3)cc([N+](=O)[O-])c2)cc1. The molecule has 0 aliphatic carbocycles. The lowest BCUT2D eigenvalue weighted by atomic mass is 10.0. The van der Waals surface area contributed by atoms with Crippen LogP contribution in [-0.2, 0) is 11.2 Å². The monoisotopic (exact) mass is 480 g/mol. The molecule has 7 nitrogen and oxygen atoms in total. The zero-order valence-corrected chi connectivity index (χ0v) is 19.4. The van der Waals surface area contributed by atoms with Gasteiger partial charge >= 0.3 is 0 Å². The average Bonchev–Trinajstić information content (AvgIpc) is 2.89. The number of nitro benzene ring substituents is 1. The van der Waals surface area contributed by atoms with Gasteiger partial charge in [-0.15, -0.1) is 0 Å². The van der Waals surface area contributed by atoms with E-state index in [0.29, 0.717) is 24.3 Å². The number of carbonyl (C=O) groups excluding carboxylic acids is 1. The van der Waals surface area contributed by atoms with Gasteiger partial charge in [-0.25, -0.2) is 0 Å². The van der Waals surface area contributed by atoms with Crippen LogP contribution in [0.25, 0.3) is 11.1 Å². The van der Waals surface area contributed by atoms with Gasteiger partial charge in [0.1, 0.15) is 23.0 Å². The Bertz CT molecular complexity index is 1340. The van der Waals surface area contributed by atoms with Gasteiger partial charge in [0.25, 0.3) is 5.69 Å². The molecular weight excluding hydrogens is 456 g/mol. The van der Waals surface area contributed by atoms with Crippen LogP contribution in [0.1, 0.15) is 12.0 Å². The molecule has 0 saturated carbocycles. The van der Waals surface area contributed by atoms with Gasteiger partial charge in [-0.05, 0) is 42.7 Å². The highest BCUT2D eigenvalue weighted by atomic mass is 16.6. The molecule has 0 bridgehead atoms. The fourth-order valence-electron chi connectivity index (χ4n) is 3.64. The lowest BCUT2D eigenvalue weighted by Crippen LogP contribution is -2.22. The molecule has 4 aromatic rings. The zero-order valence-electron chi connectivity index (χ0n) is 19.4. The summed E-state index contributed by atoms with van der Waals surface area (Å²) in [6.45, 7) is 5.42. The third-order valence-electron chi connectivity index (χ3n) is 5.37. The first-order valence-corrected chi connectivity index (χ1v) is 11.4. The lowest BCUT2D eigenvalue weighted by Gasteiger charge is -2.13. The Morgan fingerprint density at radius 1 is 0.833 bits per heavy atom. The van der Waals surface area contributed by atoms with Crippen molar-refractivity contribution < 1.29 is 19.2 Å². The molecule has 4 aromatic carbocycles. The number of para-hydroxylation sites is 1. The molecule has 0 unspecified atom stereocenters. The molecular formula is C29H24N2O5. The van der Waals surface area contributed by atoms with Crippen LogP contribution in [0.3, 0.4) is 0 Å². The van der Waals surface area contributed by atoms with E-state index in [1.807, 2.05) is 66.7 Å². The fourth-order valence-corrected chi connectivity index (χ4v) is 3.64. The topological polar surface area (TPSA) is 90.7 Å². The Labute approximate surface area is 209 Å². The van der Waals surface area contributed by atoms with E-state index in [0.717, 1.165) is 16.7 Å². The predicted octanol–water partition coefficient (Wildman–Crippen LogP) is 6.61. The Morgan fingerprint density at radius 2 is 1.50 bits per heavy atom. The number of benzene rings is 4. The van der Waals surface area contributed by atoms with E-state index in [4.69, 9.17) is 16.4 Å². The predicted molar refractivity (Wildman–Crippen MR) is 137 cm³/mol. The zero-order chi connectivity index (χ0) is 25.3. The van der Waals surface area contributed by atoms with Crippen LogP contribution in [0.5, 0.6) is 23.0 Å². The molecule has 0 heterocycles. The number of ether oxygens (including phenoxy) is 2. The summed E-state index contributed by atoms with van der Waals surface area (Å²) < 4.78 is 12.0. The molecule has 0 fully saturated rings. The first kappa shape index (κ1) is 24.5. The molecule has 0 saturated heterocycles. The maximum absolute atomic E-state index is 11.6. The van der Waals surface area contributed by atoms with Crippen molar-refractivity contribution in [2.24, 2.45) is 0 Å². The van der Waals surface area contributed by atoms with Gasteiger partial charge in [-0.1, -0.05) is 60.7 Å². The van der Waals surface area contributed by atoms with E-state index in [9.17, 15) is 14.9 Å². The van der Waals surface area contributed by atoms with Gasteiger partial charge in [0.05, 0.1) is 17.1 Å². The Kier molecular flexibility index (Phi) is 7.93. The quantitative estimate of drug-likeness (QED) is 0.204. The second-order valence-corrected chi connectivity index (χ2v) is 7.93. The summed E-state index contributed by atoms with van der Waals surface area (Å²) in [6, 6.07) is 28.8. The van der Waals surface area contributed by atoms with Crippen molar-refractivity contribution in [3.63, 3.8) is 0 Å². The van der Waals surface area contributed by atoms with Gasteiger partial charge in [0.2, 0.25) is 5.91 Å². The van der Waals surface area contributed by atoms with Crippen molar-refractivity contribution in [2.45, 2.75) is 12.8 Å². The number of rotatable bonds is 10. The summed E-state index contributed by atoms with van der Waals surface area (Å²) >= 11 is 0. The molecule has 0 aliphatic heterocycles. The Morgan fingerprint density at radius 3 is 2.19 bits per heavy atom. The first-order chi connectivity index (χ1) is 17.5. The van der Waals surface area contributed by atoms with Crippen LogP contribution in [0.4, 0.5) is 5.69 Å². The van der Waals surface area contributed by atoms with E-state index < -0.39 is 4.92 Å². The van der Waals surface area contributed by atoms with Gasteiger partial charge in [-0.2, -0.15) is 0 Å². The average molecular weight is 481 g/mol.